The van der Waals surface area contributed by atoms with Crippen molar-refractivity contribution in [2.75, 3.05) is 31.1 Å². The summed E-state index contributed by atoms with van der Waals surface area (Å²) in [5.41, 5.74) is 1.07. The minimum Gasteiger partial charge on any atom is -0.356 e. The van der Waals surface area contributed by atoms with Gasteiger partial charge in [-0.2, -0.15) is 4.31 Å². The van der Waals surface area contributed by atoms with Crippen molar-refractivity contribution < 1.29 is 8.42 Å². The summed E-state index contributed by atoms with van der Waals surface area (Å²) in [5, 5.41) is 1.18. The molecule has 2 saturated heterocycles. The average Bonchev–Trinajstić information content (AvgIpc) is 3.44. The number of thiazole rings is 1. The minimum atomic E-state index is -3.41. The van der Waals surface area contributed by atoms with Crippen LogP contribution in [0, 0.1) is 0 Å². The molecule has 8 heteroatoms. The number of hydrogen-bond acceptors (Lipinski definition) is 6. The molecule has 0 radical (unpaired) electrons. The van der Waals surface area contributed by atoms with E-state index in [4.69, 9.17) is 4.98 Å². The van der Waals surface area contributed by atoms with Crippen molar-refractivity contribution in [2.45, 2.75) is 36.5 Å². The summed E-state index contributed by atoms with van der Waals surface area (Å²) in [5.74, 6) is 1.23. The van der Waals surface area contributed by atoms with E-state index in [1.165, 1.54) is 15.9 Å². The molecule has 4 heterocycles. The van der Waals surface area contributed by atoms with E-state index < -0.39 is 10.0 Å². The zero-order valence-corrected chi connectivity index (χ0v) is 17.8. The first-order valence-corrected chi connectivity index (χ1v) is 12.4. The Morgan fingerprint density at radius 2 is 1.83 bits per heavy atom. The lowest BCUT2D eigenvalue weighted by Crippen LogP contribution is -2.35. The van der Waals surface area contributed by atoms with Crippen LogP contribution < -0.4 is 4.90 Å². The number of sulfonamides is 1. The van der Waals surface area contributed by atoms with Gasteiger partial charge in [0.2, 0.25) is 10.0 Å². The van der Waals surface area contributed by atoms with Crippen LogP contribution in [-0.4, -0.2) is 48.9 Å². The molecule has 1 atom stereocenters. The first-order chi connectivity index (χ1) is 14.1. The van der Waals surface area contributed by atoms with Gasteiger partial charge < -0.3 is 4.90 Å². The van der Waals surface area contributed by atoms with Gasteiger partial charge in [-0.25, -0.2) is 18.4 Å². The summed E-state index contributed by atoms with van der Waals surface area (Å²) in [4.78, 5) is 11.9. The van der Waals surface area contributed by atoms with E-state index in [0.29, 0.717) is 23.9 Å². The molecule has 5 rings (SSSR count). The van der Waals surface area contributed by atoms with Gasteiger partial charge in [0.1, 0.15) is 10.7 Å². The van der Waals surface area contributed by atoms with Crippen molar-refractivity contribution in [1.82, 2.24) is 14.3 Å². The Bertz CT molecular complexity index is 1070. The minimum absolute atomic E-state index is 0.294. The molecule has 0 aliphatic carbocycles. The topological polar surface area (TPSA) is 66.4 Å². The second-order valence-corrected chi connectivity index (χ2v) is 10.8. The molecular weight excluding hydrogens is 404 g/mol. The highest BCUT2D eigenvalue weighted by molar-refractivity contribution is 7.89. The number of nitrogens with zero attached hydrogens (tertiary/aromatic N) is 4. The summed E-state index contributed by atoms with van der Waals surface area (Å²) >= 11 is 1.78. The molecule has 3 aromatic rings. The lowest BCUT2D eigenvalue weighted by Gasteiger charge is -2.32. The Kier molecular flexibility index (Phi) is 5.01. The number of rotatable bonds is 4. The summed E-state index contributed by atoms with van der Waals surface area (Å²) in [6.45, 7) is 3.03. The van der Waals surface area contributed by atoms with Crippen LogP contribution in [0.3, 0.4) is 0 Å². The number of pyridine rings is 1. The number of hydrogen-bond donors (Lipinski definition) is 0. The standard InChI is InChI=1S/C21H24N4O2S2/c26-29(27,25-12-3-4-13-25)17-9-10-20(22-14-17)24-11-5-6-16(15-24)21-23-18-7-1-2-8-19(18)28-21/h1-2,7-10,14,16H,3-6,11-13,15H2/t16-/m1/s1. The Labute approximate surface area is 175 Å². The van der Waals surface area contributed by atoms with Gasteiger partial charge in [0.25, 0.3) is 0 Å². The van der Waals surface area contributed by atoms with Crippen molar-refractivity contribution in [3.63, 3.8) is 0 Å². The van der Waals surface area contributed by atoms with E-state index >= 15 is 0 Å². The molecule has 1 aromatic carbocycles. The Morgan fingerprint density at radius 3 is 2.59 bits per heavy atom. The summed E-state index contributed by atoms with van der Waals surface area (Å²) in [7, 11) is -3.41. The fourth-order valence-electron chi connectivity index (χ4n) is 4.24. The van der Waals surface area contributed by atoms with Crippen LogP contribution in [0.4, 0.5) is 5.82 Å². The van der Waals surface area contributed by atoms with Crippen LogP contribution in [0.2, 0.25) is 0 Å². The van der Waals surface area contributed by atoms with Crippen molar-refractivity contribution in [1.29, 1.82) is 0 Å². The molecule has 0 saturated carbocycles. The molecule has 0 spiro atoms. The van der Waals surface area contributed by atoms with E-state index in [1.54, 1.807) is 21.7 Å². The quantitative estimate of drug-likeness (QED) is 0.631. The number of aromatic nitrogens is 2. The van der Waals surface area contributed by atoms with E-state index in [1.807, 2.05) is 12.1 Å². The maximum Gasteiger partial charge on any atom is 0.244 e. The first-order valence-electron chi connectivity index (χ1n) is 10.2. The highest BCUT2D eigenvalue weighted by Gasteiger charge is 2.28. The maximum absolute atomic E-state index is 12.7. The van der Waals surface area contributed by atoms with E-state index in [9.17, 15) is 8.42 Å². The van der Waals surface area contributed by atoms with Crippen LogP contribution in [-0.2, 0) is 10.0 Å². The highest BCUT2D eigenvalue weighted by atomic mass is 32.2. The predicted molar refractivity (Wildman–Crippen MR) is 116 cm³/mol. The fourth-order valence-corrected chi connectivity index (χ4v) is 6.80. The Balaban J connectivity index is 1.34. The molecule has 29 heavy (non-hydrogen) atoms. The van der Waals surface area contributed by atoms with E-state index in [-0.39, 0.29) is 0 Å². The fraction of sp³-hybridized carbons (Fsp3) is 0.429. The van der Waals surface area contributed by atoms with Crippen LogP contribution in [0.5, 0.6) is 0 Å². The second kappa shape index (κ2) is 7.66. The summed E-state index contributed by atoms with van der Waals surface area (Å²) < 4.78 is 28.2. The number of fused-ring (bicyclic) bond motifs is 1. The second-order valence-electron chi connectivity index (χ2n) is 7.77. The van der Waals surface area contributed by atoms with Crippen LogP contribution >= 0.6 is 11.3 Å². The molecule has 0 bridgehead atoms. The molecule has 2 fully saturated rings. The number of piperidine rings is 1. The normalized spacial score (nSPS) is 21.1. The van der Waals surface area contributed by atoms with Crippen LogP contribution in [0.15, 0.2) is 47.5 Å². The molecule has 0 N–H and O–H groups in total. The molecule has 0 amide bonds. The van der Waals surface area contributed by atoms with Gasteiger partial charge in [0, 0.05) is 38.3 Å². The number of para-hydroxylation sites is 1. The SMILES string of the molecule is O=S(=O)(c1ccc(N2CCC[C@@H](c3nc4ccccc4s3)C2)nc1)N1CCCC1. The maximum atomic E-state index is 12.7. The van der Waals surface area contributed by atoms with Crippen molar-refractivity contribution in [2.24, 2.45) is 0 Å². The van der Waals surface area contributed by atoms with Crippen LogP contribution in [0.25, 0.3) is 10.2 Å². The van der Waals surface area contributed by atoms with Gasteiger partial charge in [-0.15, -0.1) is 11.3 Å². The lowest BCUT2D eigenvalue weighted by molar-refractivity contribution is 0.477. The third-order valence-electron chi connectivity index (χ3n) is 5.83. The third-order valence-corrected chi connectivity index (χ3v) is 8.91. The van der Waals surface area contributed by atoms with E-state index in [2.05, 4.69) is 28.1 Å². The summed E-state index contributed by atoms with van der Waals surface area (Å²) in [6.07, 6.45) is 5.59. The van der Waals surface area contributed by atoms with Gasteiger partial charge in [0.15, 0.2) is 0 Å². The molecule has 2 aromatic heterocycles. The van der Waals surface area contributed by atoms with Gasteiger partial charge in [-0.1, -0.05) is 12.1 Å². The van der Waals surface area contributed by atoms with Crippen LogP contribution in [0.1, 0.15) is 36.6 Å². The first kappa shape index (κ1) is 19.0. The van der Waals surface area contributed by atoms with Gasteiger partial charge in [-0.3, -0.25) is 0 Å². The predicted octanol–water partition coefficient (Wildman–Crippen LogP) is 3.86. The molecule has 0 unspecified atom stereocenters. The molecule has 152 valence electrons. The van der Waals surface area contributed by atoms with Gasteiger partial charge >= 0.3 is 0 Å². The largest absolute Gasteiger partial charge is 0.356 e. The number of anilines is 1. The number of benzene rings is 1. The van der Waals surface area contributed by atoms with Crippen molar-refractivity contribution in [3.8, 4) is 0 Å². The highest BCUT2D eigenvalue weighted by Crippen LogP contribution is 2.34. The smallest absolute Gasteiger partial charge is 0.244 e. The van der Waals surface area contributed by atoms with Crippen molar-refractivity contribution >= 4 is 37.4 Å². The zero-order chi connectivity index (χ0) is 19.8. The molecule has 6 nitrogen and oxygen atoms in total. The lowest BCUT2D eigenvalue weighted by atomic mass is 9.99. The van der Waals surface area contributed by atoms with E-state index in [0.717, 1.165) is 50.1 Å². The monoisotopic (exact) mass is 428 g/mol. The Morgan fingerprint density at radius 1 is 1.00 bits per heavy atom. The molecule has 2 aliphatic rings. The summed E-state index contributed by atoms with van der Waals surface area (Å²) in [6, 6.07) is 11.8. The van der Waals surface area contributed by atoms with Gasteiger partial charge in [-0.05, 0) is 49.9 Å². The zero-order valence-electron chi connectivity index (χ0n) is 16.2. The third kappa shape index (κ3) is 3.65. The average molecular weight is 429 g/mol. The Hall–Kier alpha value is -2.03. The van der Waals surface area contributed by atoms with Crippen molar-refractivity contribution in [3.05, 3.63) is 47.6 Å². The molecular formula is C21H24N4O2S2. The molecule has 2 aliphatic heterocycles. The van der Waals surface area contributed by atoms with Gasteiger partial charge in [0.05, 0.1) is 15.2 Å².